The smallest absolute Gasteiger partial charge is 0.180 e. The van der Waals surface area contributed by atoms with Gasteiger partial charge >= 0.3 is 0 Å². The van der Waals surface area contributed by atoms with Crippen LogP contribution in [0.15, 0.2) is 30.5 Å². The zero-order chi connectivity index (χ0) is 14.5. The molecular weight excluding hydrogens is 278 g/mol. The molecule has 1 heterocycles. The number of benzene rings is 1. The molecule has 1 aromatic carbocycles. The number of hydrogen-bond donors (Lipinski definition) is 1. The summed E-state index contributed by atoms with van der Waals surface area (Å²) in [5.41, 5.74) is 2.57. The van der Waals surface area contributed by atoms with Gasteiger partial charge < -0.3 is 14.6 Å². The highest BCUT2D eigenvalue weighted by Crippen LogP contribution is 2.36. The maximum atomic E-state index is 9.15. The van der Waals surface area contributed by atoms with Gasteiger partial charge in [-0.1, -0.05) is 17.7 Å². The molecule has 0 aliphatic rings. The van der Waals surface area contributed by atoms with E-state index in [0.29, 0.717) is 28.7 Å². The molecule has 0 aliphatic heterocycles. The van der Waals surface area contributed by atoms with Crippen LogP contribution in [-0.4, -0.2) is 17.2 Å². The third-order valence-corrected chi connectivity index (χ3v) is 3.22. The Balaban J connectivity index is 2.23. The molecule has 0 atom stereocenters. The Morgan fingerprint density at radius 1 is 1.35 bits per heavy atom. The van der Waals surface area contributed by atoms with Crippen molar-refractivity contribution in [2.24, 2.45) is 0 Å². The molecule has 0 amide bonds. The molecule has 2 rings (SSSR count). The number of aromatic nitrogens is 1. The van der Waals surface area contributed by atoms with Gasteiger partial charge in [-0.2, -0.15) is 0 Å². The summed E-state index contributed by atoms with van der Waals surface area (Å²) in [6, 6.07) is 7.21. The van der Waals surface area contributed by atoms with Crippen molar-refractivity contribution < 1.29 is 14.6 Å². The first-order valence-corrected chi connectivity index (χ1v) is 6.54. The van der Waals surface area contributed by atoms with E-state index in [1.54, 1.807) is 18.3 Å². The zero-order valence-corrected chi connectivity index (χ0v) is 12.1. The Morgan fingerprint density at radius 3 is 2.80 bits per heavy atom. The molecule has 0 unspecified atom stereocenters. The van der Waals surface area contributed by atoms with Gasteiger partial charge in [0.1, 0.15) is 6.61 Å². The molecule has 1 aromatic heterocycles. The lowest BCUT2D eigenvalue weighted by Crippen LogP contribution is -2.02. The summed E-state index contributed by atoms with van der Waals surface area (Å²) >= 11 is 6.16. The number of pyridine rings is 1. The fraction of sp³-hybridized carbons (Fsp3) is 0.267. The highest BCUT2D eigenvalue weighted by molar-refractivity contribution is 6.32. The first-order chi connectivity index (χ1) is 9.65. The topological polar surface area (TPSA) is 51.6 Å². The van der Waals surface area contributed by atoms with Crippen LogP contribution in [0.4, 0.5) is 0 Å². The Morgan fingerprint density at radius 2 is 2.15 bits per heavy atom. The molecule has 2 aromatic rings. The van der Waals surface area contributed by atoms with Crippen molar-refractivity contribution in [1.82, 2.24) is 4.98 Å². The van der Waals surface area contributed by atoms with E-state index < -0.39 is 0 Å². The number of aliphatic hydroxyl groups excluding tert-OH is 1. The Kier molecular flexibility index (Phi) is 4.82. The van der Waals surface area contributed by atoms with Crippen LogP contribution in [-0.2, 0) is 13.2 Å². The number of rotatable bonds is 5. The lowest BCUT2D eigenvalue weighted by Gasteiger charge is -2.14. The van der Waals surface area contributed by atoms with Crippen molar-refractivity contribution in [1.29, 1.82) is 0 Å². The minimum Gasteiger partial charge on any atom is -0.493 e. The summed E-state index contributed by atoms with van der Waals surface area (Å²) in [4.78, 5) is 4.26. The molecule has 0 saturated heterocycles. The van der Waals surface area contributed by atoms with Gasteiger partial charge in [-0.25, -0.2) is 0 Å². The standard InChI is InChI=1S/C15H16ClNO3/c1-10-4-3-5-17-13(10)9-20-15-12(16)6-11(8-18)7-14(15)19-2/h3-7,18H,8-9H2,1-2H3. The molecule has 0 saturated carbocycles. The van der Waals surface area contributed by atoms with Crippen molar-refractivity contribution >= 4 is 11.6 Å². The SMILES string of the molecule is COc1cc(CO)cc(Cl)c1OCc1ncccc1C. The molecular formula is C15H16ClNO3. The third-order valence-electron chi connectivity index (χ3n) is 2.94. The van der Waals surface area contributed by atoms with Gasteiger partial charge in [0.15, 0.2) is 11.5 Å². The van der Waals surface area contributed by atoms with E-state index in [1.807, 2.05) is 19.1 Å². The highest BCUT2D eigenvalue weighted by atomic mass is 35.5. The number of nitrogens with zero attached hydrogens (tertiary/aromatic N) is 1. The van der Waals surface area contributed by atoms with E-state index in [4.69, 9.17) is 26.2 Å². The zero-order valence-electron chi connectivity index (χ0n) is 11.4. The van der Waals surface area contributed by atoms with Crippen molar-refractivity contribution in [2.45, 2.75) is 20.1 Å². The van der Waals surface area contributed by atoms with Gasteiger partial charge in [-0.3, -0.25) is 4.98 Å². The second kappa shape index (κ2) is 6.59. The number of aryl methyl sites for hydroxylation is 1. The molecule has 0 radical (unpaired) electrons. The summed E-state index contributed by atoms with van der Waals surface area (Å²) in [5, 5.41) is 9.56. The molecule has 0 fully saturated rings. The average Bonchev–Trinajstić information content (AvgIpc) is 2.46. The van der Waals surface area contributed by atoms with E-state index in [1.165, 1.54) is 7.11 Å². The molecule has 0 bridgehead atoms. The monoisotopic (exact) mass is 293 g/mol. The van der Waals surface area contributed by atoms with Gasteiger partial charge in [0, 0.05) is 6.20 Å². The normalized spacial score (nSPS) is 10.4. The van der Waals surface area contributed by atoms with Crippen LogP contribution in [0.3, 0.4) is 0 Å². The molecule has 106 valence electrons. The minimum absolute atomic E-state index is 0.101. The largest absolute Gasteiger partial charge is 0.493 e. The Hall–Kier alpha value is -1.78. The molecule has 20 heavy (non-hydrogen) atoms. The van der Waals surface area contributed by atoms with Gasteiger partial charge in [0.25, 0.3) is 0 Å². The highest BCUT2D eigenvalue weighted by Gasteiger charge is 2.12. The van der Waals surface area contributed by atoms with E-state index >= 15 is 0 Å². The summed E-state index contributed by atoms with van der Waals surface area (Å²) in [5.74, 6) is 0.951. The van der Waals surface area contributed by atoms with E-state index in [0.717, 1.165) is 11.3 Å². The second-order valence-electron chi connectivity index (χ2n) is 4.32. The van der Waals surface area contributed by atoms with Crippen molar-refractivity contribution in [3.63, 3.8) is 0 Å². The maximum Gasteiger partial charge on any atom is 0.180 e. The minimum atomic E-state index is -0.101. The molecule has 0 aliphatic carbocycles. The van der Waals surface area contributed by atoms with Crippen LogP contribution in [0.1, 0.15) is 16.8 Å². The lowest BCUT2D eigenvalue weighted by molar-refractivity contribution is 0.272. The number of hydrogen-bond acceptors (Lipinski definition) is 4. The average molecular weight is 294 g/mol. The van der Waals surface area contributed by atoms with Crippen LogP contribution in [0.2, 0.25) is 5.02 Å². The van der Waals surface area contributed by atoms with E-state index in [2.05, 4.69) is 4.98 Å². The predicted octanol–water partition coefficient (Wildman–Crippen LogP) is 3.12. The van der Waals surface area contributed by atoms with Crippen LogP contribution in [0, 0.1) is 6.92 Å². The number of halogens is 1. The number of aliphatic hydroxyl groups is 1. The number of ether oxygens (including phenoxy) is 2. The fourth-order valence-electron chi connectivity index (χ4n) is 1.81. The molecule has 5 heteroatoms. The van der Waals surface area contributed by atoms with Gasteiger partial charge in [-0.05, 0) is 36.2 Å². The summed E-state index contributed by atoms with van der Waals surface area (Å²) in [6.07, 6.45) is 1.72. The lowest BCUT2D eigenvalue weighted by atomic mass is 10.2. The first-order valence-electron chi connectivity index (χ1n) is 6.16. The van der Waals surface area contributed by atoms with Gasteiger partial charge in [-0.15, -0.1) is 0 Å². The summed E-state index contributed by atoms with van der Waals surface area (Å²) < 4.78 is 11.0. The van der Waals surface area contributed by atoms with E-state index in [9.17, 15) is 0 Å². The van der Waals surface area contributed by atoms with Crippen molar-refractivity contribution in [2.75, 3.05) is 7.11 Å². The van der Waals surface area contributed by atoms with Crippen molar-refractivity contribution in [3.05, 3.63) is 52.3 Å². The summed E-state index contributed by atoms with van der Waals surface area (Å²) in [6.45, 7) is 2.18. The third kappa shape index (κ3) is 3.21. The van der Waals surface area contributed by atoms with Crippen LogP contribution >= 0.6 is 11.6 Å². The summed E-state index contributed by atoms with van der Waals surface area (Å²) in [7, 11) is 1.53. The van der Waals surface area contributed by atoms with Gasteiger partial charge in [0.2, 0.25) is 0 Å². The Labute approximate surface area is 122 Å². The maximum absolute atomic E-state index is 9.15. The predicted molar refractivity (Wildman–Crippen MR) is 77.2 cm³/mol. The van der Waals surface area contributed by atoms with Crippen LogP contribution in [0.25, 0.3) is 0 Å². The fourth-order valence-corrected chi connectivity index (χ4v) is 2.10. The second-order valence-corrected chi connectivity index (χ2v) is 4.73. The van der Waals surface area contributed by atoms with Gasteiger partial charge in [0.05, 0.1) is 24.4 Å². The van der Waals surface area contributed by atoms with Crippen molar-refractivity contribution in [3.8, 4) is 11.5 Å². The van der Waals surface area contributed by atoms with Crippen LogP contribution in [0.5, 0.6) is 11.5 Å². The molecule has 0 spiro atoms. The first kappa shape index (κ1) is 14.6. The number of methoxy groups -OCH3 is 1. The van der Waals surface area contributed by atoms with E-state index in [-0.39, 0.29) is 6.61 Å². The Bertz CT molecular complexity index is 602. The quantitative estimate of drug-likeness (QED) is 0.920. The van der Waals surface area contributed by atoms with Crippen LogP contribution < -0.4 is 9.47 Å². The molecule has 1 N–H and O–H groups in total. The molecule has 4 nitrogen and oxygen atoms in total.